The van der Waals surface area contributed by atoms with E-state index in [1.165, 1.54) is 0 Å². The molecule has 4 rings (SSSR count). The van der Waals surface area contributed by atoms with Gasteiger partial charge in [0.25, 0.3) is 0 Å². The van der Waals surface area contributed by atoms with Gasteiger partial charge in [-0.2, -0.15) is 0 Å². The van der Waals surface area contributed by atoms with Crippen LogP contribution in [0, 0.1) is 0 Å². The maximum atomic E-state index is 6.10. The lowest BCUT2D eigenvalue weighted by molar-refractivity contribution is 0.0508. The van der Waals surface area contributed by atoms with E-state index in [0.29, 0.717) is 65.0 Å². The Balaban J connectivity index is 1.41. The van der Waals surface area contributed by atoms with Gasteiger partial charge in [-0.3, -0.25) is 10.3 Å². The van der Waals surface area contributed by atoms with Crippen LogP contribution in [0.3, 0.4) is 0 Å². The molecule has 43 heavy (non-hydrogen) atoms. The monoisotopic (exact) mass is 597 g/mol. The van der Waals surface area contributed by atoms with Gasteiger partial charge in [-0.15, -0.1) is 0 Å². The molecule has 0 spiro atoms. The zero-order valence-electron chi connectivity index (χ0n) is 25.6. The number of rotatable bonds is 16. The summed E-state index contributed by atoms with van der Waals surface area (Å²) >= 11 is 0. The lowest BCUT2D eigenvalue weighted by atomic mass is 10.0. The summed E-state index contributed by atoms with van der Waals surface area (Å²) in [7, 11) is 11.1. The van der Waals surface area contributed by atoms with Gasteiger partial charge >= 0.3 is 0 Å². The van der Waals surface area contributed by atoms with Gasteiger partial charge in [0.2, 0.25) is 11.5 Å². The summed E-state index contributed by atoms with van der Waals surface area (Å²) in [5.41, 5.74) is 5.37. The van der Waals surface area contributed by atoms with Crippen LogP contribution in [0.1, 0.15) is 30.1 Å². The fourth-order valence-corrected chi connectivity index (χ4v) is 4.57. The summed E-state index contributed by atoms with van der Waals surface area (Å²) in [6, 6.07) is 12.9. The number of methoxy groups -OCH3 is 7. The Morgan fingerprint density at radius 3 is 1.72 bits per heavy atom. The molecule has 3 aromatic rings. The van der Waals surface area contributed by atoms with Crippen LogP contribution in [0.15, 0.2) is 48.5 Å². The van der Waals surface area contributed by atoms with Crippen molar-refractivity contribution < 1.29 is 47.5 Å². The average Bonchev–Trinajstić information content (AvgIpc) is 3.55. The van der Waals surface area contributed by atoms with E-state index in [4.69, 9.17) is 47.5 Å². The van der Waals surface area contributed by atoms with E-state index in [9.17, 15) is 0 Å². The van der Waals surface area contributed by atoms with Gasteiger partial charge in [-0.25, -0.2) is 0 Å². The molecular weight excluding hydrogens is 558 g/mol. The maximum absolute atomic E-state index is 6.10. The van der Waals surface area contributed by atoms with Gasteiger partial charge in [0, 0.05) is 11.6 Å². The molecule has 1 atom stereocenters. The SMILES string of the molecule is COc1ccc(OC)c(OCCCCOc2c(OC)cc(C3C=C(c4cc(OC)c(OC)c(OC)c4)NO3)cc2OC)c1. The Labute approximate surface area is 252 Å². The van der Waals surface area contributed by atoms with Crippen LogP contribution in [0.4, 0.5) is 0 Å². The molecule has 1 aliphatic heterocycles. The van der Waals surface area contributed by atoms with Gasteiger partial charge in [-0.1, -0.05) is 0 Å². The topological polar surface area (TPSA) is 104 Å². The number of unbranched alkanes of at least 4 members (excludes halogenated alkanes) is 1. The van der Waals surface area contributed by atoms with Gasteiger partial charge in [-0.05, 0) is 60.9 Å². The number of nitrogens with one attached hydrogen (secondary N) is 1. The van der Waals surface area contributed by atoms with Crippen LogP contribution in [0.25, 0.3) is 5.70 Å². The molecule has 1 unspecified atom stereocenters. The second-order valence-corrected chi connectivity index (χ2v) is 9.31. The van der Waals surface area contributed by atoms with Crippen molar-refractivity contribution in [3.63, 3.8) is 0 Å². The lowest BCUT2D eigenvalue weighted by Gasteiger charge is -2.17. The van der Waals surface area contributed by atoms with Crippen molar-refractivity contribution in [1.82, 2.24) is 5.48 Å². The first kappa shape index (κ1) is 31.3. The molecule has 0 saturated carbocycles. The Morgan fingerprint density at radius 2 is 1.16 bits per heavy atom. The third-order valence-corrected chi connectivity index (χ3v) is 6.81. The highest BCUT2D eigenvalue weighted by atomic mass is 16.7. The number of hydroxylamine groups is 1. The Kier molecular flexibility index (Phi) is 10.9. The second kappa shape index (κ2) is 15.0. The van der Waals surface area contributed by atoms with Crippen LogP contribution in [0.2, 0.25) is 0 Å². The Bertz CT molecular complexity index is 1360. The minimum absolute atomic E-state index is 0.420. The summed E-state index contributed by atoms with van der Waals surface area (Å²) in [6.45, 7) is 0.935. The molecule has 232 valence electrons. The van der Waals surface area contributed by atoms with Gasteiger partial charge < -0.3 is 42.6 Å². The van der Waals surface area contributed by atoms with Crippen LogP contribution in [-0.2, 0) is 4.84 Å². The minimum atomic E-state index is -0.420. The fourth-order valence-electron chi connectivity index (χ4n) is 4.57. The molecule has 0 radical (unpaired) electrons. The Morgan fingerprint density at radius 1 is 0.581 bits per heavy atom. The third-order valence-electron chi connectivity index (χ3n) is 6.81. The van der Waals surface area contributed by atoms with Crippen molar-refractivity contribution in [3.05, 3.63) is 59.7 Å². The van der Waals surface area contributed by atoms with Crippen molar-refractivity contribution >= 4 is 5.70 Å². The average molecular weight is 598 g/mol. The van der Waals surface area contributed by atoms with Crippen molar-refractivity contribution in [2.24, 2.45) is 0 Å². The molecule has 0 saturated heterocycles. The summed E-state index contributed by atoms with van der Waals surface area (Å²) in [4.78, 5) is 5.90. The molecular formula is C32H39NO10. The zero-order chi connectivity index (χ0) is 30.8. The molecule has 0 aromatic heterocycles. The normalized spacial score (nSPS) is 13.8. The molecule has 1 aliphatic rings. The maximum Gasteiger partial charge on any atom is 0.203 e. The van der Waals surface area contributed by atoms with E-state index >= 15 is 0 Å². The van der Waals surface area contributed by atoms with Crippen molar-refractivity contribution in [1.29, 1.82) is 0 Å². The summed E-state index contributed by atoms with van der Waals surface area (Å²) in [6.07, 6.45) is 3.04. The lowest BCUT2D eigenvalue weighted by Crippen LogP contribution is -2.09. The van der Waals surface area contributed by atoms with Crippen LogP contribution >= 0.6 is 0 Å². The first-order valence-electron chi connectivity index (χ1n) is 13.7. The highest BCUT2D eigenvalue weighted by Crippen LogP contribution is 2.44. The molecule has 0 fully saturated rings. The fraction of sp³-hybridized carbons (Fsp3) is 0.375. The predicted molar refractivity (Wildman–Crippen MR) is 160 cm³/mol. The number of hydrogen-bond acceptors (Lipinski definition) is 11. The number of ether oxygens (including phenoxy) is 9. The van der Waals surface area contributed by atoms with E-state index in [2.05, 4.69) is 5.48 Å². The molecule has 1 N–H and O–H groups in total. The zero-order valence-corrected chi connectivity index (χ0v) is 25.6. The van der Waals surface area contributed by atoms with Gasteiger partial charge in [0.15, 0.2) is 34.5 Å². The standard InChI is InChI=1S/C32H39NO10/c1-34-22-10-11-24(35-2)26(18-22)41-12-8-9-13-42-32-29(38-5)16-21(17-30(32)39-6)25-19-23(33-43-25)20-14-27(36-3)31(40-7)28(15-20)37-4/h10-11,14-19,25,33H,8-9,12-13H2,1-7H3. The van der Waals surface area contributed by atoms with Crippen molar-refractivity contribution in [3.8, 4) is 51.7 Å². The van der Waals surface area contributed by atoms with Crippen LogP contribution in [0.5, 0.6) is 51.7 Å². The smallest absolute Gasteiger partial charge is 0.203 e. The molecule has 11 heteroatoms. The van der Waals surface area contributed by atoms with E-state index in [-0.39, 0.29) is 0 Å². The molecule has 3 aromatic carbocycles. The molecule has 0 bridgehead atoms. The van der Waals surface area contributed by atoms with Gasteiger partial charge in [0.1, 0.15) is 11.9 Å². The Hall–Kier alpha value is -4.64. The quantitative estimate of drug-likeness (QED) is 0.209. The van der Waals surface area contributed by atoms with Gasteiger partial charge in [0.05, 0.1) is 68.7 Å². The van der Waals surface area contributed by atoms with E-state index in [1.54, 1.807) is 55.8 Å². The van der Waals surface area contributed by atoms with Crippen LogP contribution < -0.4 is 48.1 Å². The molecule has 1 heterocycles. The summed E-state index contributed by atoms with van der Waals surface area (Å²) < 4.78 is 50.4. The number of benzene rings is 3. The molecule has 0 amide bonds. The number of hydrogen-bond donors (Lipinski definition) is 1. The first-order chi connectivity index (χ1) is 21.0. The highest BCUT2D eigenvalue weighted by molar-refractivity contribution is 5.71. The molecule has 11 nitrogen and oxygen atoms in total. The predicted octanol–water partition coefficient (Wildman–Crippen LogP) is 5.60. The van der Waals surface area contributed by atoms with E-state index in [0.717, 1.165) is 29.7 Å². The van der Waals surface area contributed by atoms with E-state index in [1.807, 2.05) is 42.5 Å². The van der Waals surface area contributed by atoms with Crippen LogP contribution in [-0.4, -0.2) is 63.0 Å². The highest BCUT2D eigenvalue weighted by Gasteiger charge is 2.25. The summed E-state index contributed by atoms with van der Waals surface area (Å²) in [5.74, 6) is 5.16. The minimum Gasteiger partial charge on any atom is -0.497 e. The summed E-state index contributed by atoms with van der Waals surface area (Å²) in [5, 5.41) is 0. The van der Waals surface area contributed by atoms with Crippen molar-refractivity contribution in [2.45, 2.75) is 18.9 Å². The molecule has 0 aliphatic carbocycles. The second-order valence-electron chi connectivity index (χ2n) is 9.31. The third kappa shape index (κ3) is 7.23. The first-order valence-corrected chi connectivity index (χ1v) is 13.7. The van der Waals surface area contributed by atoms with Crippen molar-refractivity contribution in [2.75, 3.05) is 63.0 Å². The largest absolute Gasteiger partial charge is 0.497 e. The van der Waals surface area contributed by atoms with E-state index < -0.39 is 6.10 Å².